The van der Waals surface area contributed by atoms with Crippen LogP contribution >= 0.6 is 0 Å². The molecule has 0 radical (unpaired) electrons. The summed E-state index contributed by atoms with van der Waals surface area (Å²) < 4.78 is 1.01. The van der Waals surface area contributed by atoms with Gasteiger partial charge in [0.15, 0.2) is 0 Å². The van der Waals surface area contributed by atoms with Crippen molar-refractivity contribution in [3.8, 4) is 0 Å². The summed E-state index contributed by atoms with van der Waals surface area (Å²) in [5, 5.41) is 16.5. The molecule has 2 amide bonds. The van der Waals surface area contributed by atoms with Crippen molar-refractivity contribution in [2.24, 2.45) is 17.4 Å². The number of benzene rings is 1. The molecule has 7 N–H and O–H groups in total. The number of fused-ring (bicyclic) bond motifs is 1. The van der Waals surface area contributed by atoms with E-state index in [1.165, 1.54) is 12.4 Å². The van der Waals surface area contributed by atoms with E-state index >= 15 is 0 Å². The maximum atomic E-state index is 11.8. The second-order valence-corrected chi connectivity index (χ2v) is 6.84. The van der Waals surface area contributed by atoms with E-state index in [4.69, 9.17) is 11.5 Å². The summed E-state index contributed by atoms with van der Waals surface area (Å²) in [6, 6.07) is 8.06. The number of anilines is 3. The number of hydrogen-bond acceptors (Lipinski definition) is 7. The van der Waals surface area contributed by atoms with Crippen molar-refractivity contribution >= 4 is 40.2 Å². The highest BCUT2D eigenvalue weighted by molar-refractivity contribution is 5.98. The van der Waals surface area contributed by atoms with E-state index < -0.39 is 17.9 Å². The first-order valence-electron chi connectivity index (χ1n) is 8.89. The van der Waals surface area contributed by atoms with Gasteiger partial charge in [-0.25, -0.2) is 4.98 Å². The Labute approximate surface area is 166 Å². The van der Waals surface area contributed by atoms with Crippen LogP contribution in [0.15, 0.2) is 42.7 Å². The van der Waals surface area contributed by atoms with Gasteiger partial charge in [0.25, 0.3) is 11.4 Å². The van der Waals surface area contributed by atoms with Crippen LogP contribution in [0.5, 0.6) is 0 Å². The van der Waals surface area contributed by atoms with Gasteiger partial charge in [0, 0.05) is 28.7 Å². The Morgan fingerprint density at radius 2 is 1.97 bits per heavy atom. The lowest BCUT2D eigenvalue weighted by molar-refractivity contribution is -0.884. The molecule has 0 fully saturated rings. The van der Waals surface area contributed by atoms with Crippen LogP contribution in [0.4, 0.5) is 17.5 Å². The third-order valence-electron chi connectivity index (χ3n) is 4.35. The molecule has 1 aromatic carbocycles. The number of nitrogens with zero attached hydrogens (tertiary/aromatic N) is 3. The van der Waals surface area contributed by atoms with Crippen molar-refractivity contribution < 1.29 is 19.5 Å². The molecule has 0 aliphatic rings. The van der Waals surface area contributed by atoms with Crippen LogP contribution in [-0.4, -0.2) is 33.0 Å². The Kier molecular flexibility index (Phi) is 5.44. The molecule has 3 aromatic rings. The molecular weight excluding hydrogens is 374 g/mol. The Morgan fingerprint density at radius 1 is 1.21 bits per heavy atom. The van der Waals surface area contributed by atoms with E-state index in [1.54, 1.807) is 24.3 Å². The number of rotatable bonds is 7. The van der Waals surface area contributed by atoms with E-state index in [0.29, 0.717) is 11.2 Å². The first-order chi connectivity index (χ1) is 13.8. The van der Waals surface area contributed by atoms with E-state index in [2.05, 4.69) is 20.6 Å². The Hall–Kier alpha value is -3.95. The maximum absolute atomic E-state index is 11.8. The second-order valence-electron chi connectivity index (χ2n) is 6.84. The summed E-state index contributed by atoms with van der Waals surface area (Å²) in [5.41, 5.74) is 12.2. The average molecular weight is 396 g/mol. The van der Waals surface area contributed by atoms with Crippen LogP contribution in [0.25, 0.3) is 10.9 Å². The highest BCUT2D eigenvalue weighted by Crippen LogP contribution is 2.23. The normalized spacial score (nSPS) is 12.0. The predicted octanol–water partition coefficient (Wildman–Crippen LogP) is 0.919. The zero-order chi connectivity index (χ0) is 21.1. The first kappa shape index (κ1) is 19.8. The fourth-order valence-corrected chi connectivity index (χ4v) is 2.85. The minimum atomic E-state index is -0.705. The monoisotopic (exact) mass is 396 g/mol. The van der Waals surface area contributed by atoms with Gasteiger partial charge in [0.05, 0.1) is 5.39 Å². The van der Waals surface area contributed by atoms with E-state index in [9.17, 15) is 14.8 Å². The number of aromatic nitrogens is 3. The third-order valence-corrected chi connectivity index (χ3v) is 4.35. The van der Waals surface area contributed by atoms with Crippen molar-refractivity contribution in [3.63, 3.8) is 0 Å². The maximum Gasteiger partial charge on any atom is 0.264 e. The summed E-state index contributed by atoms with van der Waals surface area (Å²) in [6.07, 6.45) is 2.80. The third kappa shape index (κ3) is 4.32. The Bertz CT molecular complexity index is 1080. The molecule has 0 saturated heterocycles. The molecule has 0 spiro atoms. The lowest BCUT2D eigenvalue weighted by Gasteiger charge is -2.19. The van der Waals surface area contributed by atoms with Crippen LogP contribution in [0, 0.1) is 5.92 Å². The topological polar surface area (TPSA) is 160 Å². The molecular formula is C19H22N7O3+. The largest absolute Gasteiger partial charge is 0.368 e. The highest BCUT2D eigenvalue weighted by atomic mass is 16.5. The molecule has 29 heavy (non-hydrogen) atoms. The number of amides is 2. The highest BCUT2D eigenvalue weighted by Gasteiger charge is 2.21. The summed E-state index contributed by atoms with van der Waals surface area (Å²) in [5.74, 6) is -1.03. The zero-order valence-corrected chi connectivity index (χ0v) is 16.0. The van der Waals surface area contributed by atoms with Gasteiger partial charge >= 0.3 is 0 Å². The molecule has 0 unspecified atom stereocenters. The van der Waals surface area contributed by atoms with Crippen molar-refractivity contribution in [2.75, 3.05) is 10.6 Å². The molecule has 10 nitrogen and oxygen atoms in total. The van der Waals surface area contributed by atoms with Crippen LogP contribution < -0.4 is 26.8 Å². The molecule has 2 aromatic heterocycles. The van der Waals surface area contributed by atoms with Crippen molar-refractivity contribution in [1.29, 1.82) is 0 Å². The predicted molar refractivity (Wildman–Crippen MR) is 107 cm³/mol. The summed E-state index contributed by atoms with van der Waals surface area (Å²) >= 11 is 0. The Balaban J connectivity index is 1.96. The molecule has 3 rings (SSSR count). The minimum absolute atomic E-state index is 0.0844. The van der Waals surface area contributed by atoms with Gasteiger partial charge in [-0.2, -0.15) is 4.98 Å². The molecule has 2 heterocycles. The van der Waals surface area contributed by atoms with Crippen LogP contribution in [0.3, 0.4) is 0 Å². The molecule has 150 valence electrons. The van der Waals surface area contributed by atoms with E-state index in [-0.39, 0.29) is 23.2 Å². The lowest BCUT2D eigenvalue weighted by Crippen LogP contribution is -2.40. The van der Waals surface area contributed by atoms with E-state index in [0.717, 1.165) is 10.1 Å². The zero-order valence-electron chi connectivity index (χ0n) is 16.0. The second kappa shape index (κ2) is 7.97. The number of hydrogen-bond donors (Lipinski definition) is 5. The van der Waals surface area contributed by atoms with Crippen molar-refractivity contribution in [3.05, 3.63) is 48.3 Å². The van der Waals surface area contributed by atoms with Crippen molar-refractivity contribution in [1.82, 2.24) is 9.97 Å². The first-order valence-corrected chi connectivity index (χ1v) is 8.89. The van der Waals surface area contributed by atoms with Crippen LogP contribution in [-0.2, 0) is 4.79 Å². The smallest absolute Gasteiger partial charge is 0.264 e. The van der Waals surface area contributed by atoms with Gasteiger partial charge in [0.2, 0.25) is 18.1 Å². The van der Waals surface area contributed by atoms with E-state index in [1.807, 2.05) is 19.9 Å². The molecule has 0 bridgehead atoms. The number of carbonyl (C=O) groups excluding carboxylic acids is 2. The average Bonchev–Trinajstić information content (AvgIpc) is 2.65. The molecule has 1 atom stereocenters. The van der Waals surface area contributed by atoms with Gasteiger partial charge < -0.3 is 22.1 Å². The van der Waals surface area contributed by atoms with Crippen LogP contribution in [0.1, 0.15) is 24.2 Å². The molecule has 10 heteroatoms. The van der Waals surface area contributed by atoms with Crippen molar-refractivity contribution in [2.45, 2.75) is 19.9 Å². The quantitative estimate of drug-likeness (QED) is 0.293. The number of nitrogens with one attached hydrogen (secondary N) is 2. The SMILES string of the molecule is CC(C)[C@@H](Nc1ncc(C(N)=O)c(Nc2ccc3c(ccc[n+]3O)c2)n1)C(N)=O. The molecule has 0 aliphatic carbocycles. The van der Waals surface area contributed by atoms with Crippen LogP contribution in [0.2, 0.25) is 0 Å². The molecule has 0 aliphatic heterocycles. The number of nitrogens with two attached hydrogens (primary N) is 2. The standard InChI is InChI=1S/C19H21N7O3/c1-10(2)15(17(21)28)24-19-22-9-13(16(20)27)18(25-19)23-12-5-6-14-11(8-12)4-3-7-26(14)29/h3-10,15H,1-2H3,(H6-,20,21,22,23,24,25,27,28,29)/p+1/t15-/m1/s1. The summed E-state index contributed by atoms with van der Waals surface area (Å²) in [6.45, 7) is 3.67. The summed E-state index contributed by atoms with van der Waals surface area (Å²) in [4.78, 5) is 31.8. The lowest BCUT2D eigenvalue weighted by atomic mass is 10.0. The number of carbonyl (C=O) groups is 2. The Morgan fingerprint density at radius 3 is 2.62 bits per heavy atom. The summed E-state index contributed by atoms with van der Waals surface area (Å²) in [7, 11) is 0. The van der Waals surface area contributed by atoms with Gasteiger partial charge in [-0.05, 0) is 24.1 Å². The van der Waals surface area contributed by atoms with Gasteiger partial charge in [-0.15, -0.1) is 0 Å². The fraction of sp³-hybridized carbons (Fsp3) is 0.211. The molecule has 0 saturated carbocycles. The number of pyridine rings is 1. The van der Waals surface area contributed by atoms with Gasteiger partial charge in [0.1, 0.15) is 17.4 Å². The minimum Gasteiger partial charge on any atom is -0.368 e. The fourth-order valence-electron chi connectivity index (χ4n) is 2.85. The van der Waals surface area contributed by atoms with Gasteiger partial charge in [-0.1, -0.05) is 13.8 Å². The number of primary amides is 2. The van der Waals surface area contributed by atoms with Gasteiger partial charge in [-0.3, -0.25) is 14.8 Å².